The van der Waals surface area contributed by atoms with Gasteiger partial charge in [0.05, 0.1) is 5.60 Å². The first-order chi connectivity index (χ1) is 14.2. The smallest absolute Gasteiger partial charge is 0.394 e. The van der Waals surface area contributed by atoms with E-state index in [2.05, 4.69) is 23.8 Å². The topological polar surface area (TPSA) is 35.9 Å². The van der Waals surface area contributed by atoms with Crippen molar-refractivity contribution in [3.8, 4) is 5.75 Å². The monoisotopic (exact) mass is 422 g/mol. The molecule has 1 saturated heterocycles. The number of hydrogen-bond donors (Lipinski definition) is 1. The summed E-state index contributed by atoms with van der Waals surface area (Å²) in [4.78, 5) is 4.97. The number of benzene rings is 1. The molecule has 3 aliphatic rings. The van der Waals surface area contributed by atoms with Gasteiger partial charge < -0.3 is 14.7 Å². The van der Waals surface area contributed by atoms with Crippen molar-refractivity contribution >= 4 is 0 Å². The number of piperazine rings is 1. The van der Waals surface area contributed by atoms with E-state index in [0.29, 0.717) is 6.04 Å². The Morgan fingerprint density at radius 3 is 2.60 bits per heavy atom. The molecule has 6 heteroatoms. The lowest BCUT2D eigenvalue weighted by Crippen LogP contribution is -2.55. The molecule has 0 aromatic heterocycles. The molecule has 0 bridgehead atoms. The van der Waals surface area contributed by atoms with Crippen molar-refractivity contribution < 1.29 is 18.6 Å². The minimum atomic E-state index is -3.22. The van der Waals surface area contributed by atoms with E-state index < -0.39 is 17.1 Å². The van der Waals surface area contributed by atoms with Crippen molar-refractivity contribution in [2.75, 3.05) is 26.7 Å². The zero-order chi connectivity index (χ0) is 21.6. The van der Waals surface area contributed by atoms with E-state index >= 15 is 0 Å². The van der Waals surface area contributed by atoms with Crippen molar-refractivity contribution in [1.29, 1.82) is 0 Å². The van der Waals surface area contributed by atoms with Crippen LogP contribution in [0.2, 0.25) is 0 Å². The molecule has 3 atom stereocenters. The maximum absolute atomic E-state index is 13.5. The van der Waals surface area contributed by atoms with Gasteiger partial charge in [-0.3, -0.25) is 4.90 Å². The highest BCUT2D eigenvalue weighted by Crippen LogP contribution is 2.62. The zero-order valence-corrected chi connectivity index (χ0v) is 18.5. The maximum atomic E-state index is 13.5. The summed E-state index contributed by atoms with van der Waals surface area (Å²) in [7, 11) is 2.19. The minimum Gasteiger partial charge on any atom is -0.433 e. The molecule has 1 aliphatic heterocycles. The van der Waals surface area contributed by atoms with Gasteiger partial charge in [-0.15, -0.1) is 0 Å². The molecule has 0 spiro atoms. The first kappa shape index (κ1) is 22.0. The van der Waals surface area contributed by atoms with Crippen molar-refractivity contribution in [3.63, 3.8) is 0 Å². The Morgan fingerprint density at radius 2 is 1.93 bits per heavy atom. The van der Waals surface area contributed by atoms with E-state index in [9.17, 15) is 13.9 Å². The number of aliphatic hydroxyl groups is 1. The zero-order valence-electron chi connectivity index (χ0n) is 18.5. The molecular weight excluding hydrogens is 386 g/mol. The first-order valence-corrected chi connectivity index (χ1v) is 11.5. The quantitative estimate of drug-likeness (QED) is 0.737. The van der Waals surface area contributed by atoms with E-state index in [0.717, 1.165) is 77.1 Å². The Hall–Kier alpha value is -1.24. The second-order valence-electron chi connectivity index (χ2n) is 9.76. The number of ether oxygens (including phenoxy) is 1. The molecule has 1 aromatic rings. The van der Waals surface area contributed by atoms with Gasteiger partial charge in [-0.2, -0.15) is 8.78 Å². The van der Waals surface area contributed by atoms with Crippen LogP contribution >= 0.6 is 0 Å². The van der Waals surface area contributed by atoms with Gasteiger partial charge in [0.15, 0.2) is 0 Å². The summed E-state index contributed by atoms with van der Waals surface area (Å²) in [5, 5.41) is 11.9. The fourth-order valence-electron chi connectivity index (χ4n) is 6.09. The molecule has 4 rings (SSSR count). The van der Waals surface area contributed by atoms with Gasteiger partial charge in [-0.05, 0) is 50.4 Å². The van der Waals surface area contributed by atoms with Crippen LogP contribution < -0.4 is 4.74 Å². The largest absolute Gasteiger partial charge is 0.433 e. The predicted octanol–water partition coefficient (Wildman–Crippen LogP) is 4.41. The van der Waals surface area contributed by atoms with Gasteiger partial charge in [0, 0.05) is 44.1 Å². The SMILES string of the molecule is CC[C@@H]1CN([C@@H]2CC2(c2cccc(OC(C)(F)F)c2)C2(O)CCCCC2)CCN1C. The van der Waals surface area contributed by atoms with Crippen molar-refractivity contribution in [2.45, 2.75) is 88.0 Å². The Morgan fingerprint density at radius 1 is 1.20 bits per heavy atom. The third-order valence-corrected chi connectivity index (χ3v) is 7.80. The van der Waals surface area contributed by atoms with Crippen LogP contribution in [0.5, 0.6) is 5.75 Å². The van der Waals surface area contributed by atoms with E-state index in [-0.39, 0.29) is 11.8 Å². The van der Waals surface area contributed by atoms with E-state index in [4.69, 9.17) is 4.74 Å². The third kappa shape index (κ3) is 3.98. The van der Waals surface area contributed by atoms with E-state index in [1.807, 2.05) is 6.07 Å². The molecule has 1 heterocycles. The van der Waals surface area contributed by atoms with Crippen LogP contribution in [0.15, 0.2) is 24.3 Å². The lowest BCUT2D eigenvalue weighted by Gasteiger charge is -2.45. The molecule has 4 nitrogen and oxygen atoms in total. The van der Waals surface area contributed by atoms with Gasteiger partial charge in [-0.1, -0.05) is 38.3 Å². The summed E-state index contributed by atoms with van der Waals surface area (Å²) in [6.45, 7) is 6.00. The molecule has 2 aliphatic carbocycles. The molecule has 0 amide bonds. The van der Waals surface area contributed by atoms with Gasteiger partial charge in [0.1, 0.15) is 5.75 Å². The number of nitrogens with zero attached hydrogens (tertiary/aromatic N) is 2. The number of hydrogen-bond acceptors (Lipinski definition) is 4. The number of rotatable bonds is 6. The number of likely N-dealkylation sites (N-methyl/N-ethyl adjacent to an activating group) is 1. The van der Waals surface area contributed by atoms with Gasteiger partial charge in [-0.25, -0.2) is 0 Å². The average molecular weight is 423 g/mol. The lowest BCUT2D eigenvalue weighted by atomic mass is 9.69. The molecule has 30 heavy (non-hydrogen) atoms. The van der Waals surface area contributed by atoms with Crippen LogP contribution in [0.3, 0.4) is 0 Å². The molecule has 1 N–H and O–H groups in total. The predicted molar refractivity (Wildman–Crippen MR) is 114 cm³/mol. The molecular formula is C24H36F2N2O2. The molecule has 2 saturated carbocycles. The second-order valence-corrected chi connectivity index (χ2v) is 9.76. The van der Waals surface area contributed by atoms with Gasteiger partial charge >= 0.3 is 6.11 Å². The van der Waals surface area contributed by atoms with Crippen LogP contribution in [-0.4, -0.2) is 65.4 Å². The van der Waals surface area contributed by atoms with E-state index in [1.54, 1.807) is 18.2 Å². The van der Waals surface area contributed by atoms with Gasteiger partial charge in [0.25, 0.3) is 0 Å². The lowest BCUT2D eigenvalue weighted by molar-refractivity contribution is -0.159. The fraction of sp³-hybridized carbons (Fsp3) is 0.750. The summed E-state index contributed by atoms with van der Waals surface area (Å²) < 4.78 is 31.8. The Kier molecular flexibility index (Phi) is 5.88. The van der Waals surface area contributed by atoms with Crippen molar-refractivity contribution in [3.05, 3.63) is 29.8 Å². The van der Waals surface area contributed by atoms with Crippen LogP contribution in [0.4, 0.5) is 8.78 Å². The fourth-order valence-corrected chi connectivity index (χ4v) is 6.09. The summed E-state index contributed by atoms with van der Waals surface area (Å²) in [5.74, 6) is 0.175. The highest BCUT2D eigenvalue weighted by molar-refractivity contribution is 5.45. The molecule has 1 unspecified atom stereocenters. The van der Waals surface area contributed by atoms with Crippen LogP contribution in [0.1, 0.15) is 64.4 Å². The van der Waals surface area contributed by atoms with E-state index in [1.165, 1.54) is 0 Å². The maximum Gasteiger partial charge on any atom is 0.394 e. The number of alkyl halides is 2. The average Bonchev–Trinajstić information content (AvgIpc) is 3.46. The summed E-state index contributed by atoms with van der Waals surface area (Å²) in [5.41, 5.74) is -0.233. The van der Waals surface area contributed by atoms with Gasteiger partial charge in [0.2, 0.25) is 0 Å². The minimum absolute atomic E-state index is 0.175. The number of halogens is 2. The van der Waals surface area contributed by atoms with Crippen LogP contribution in [-0.2, 0) is 5.41 Å². The summed E-state index contributed by atoms with van der Waals surface area (Å²) in [6.07, 6.45) is 3.53. The standard InChI is InChI=1S/C24H36F2N2O2/c1-4-19-17-28(14-13-27(19)3)21-16-24(21,23(29)11-6-5-7-12-23)18-9-8-10-20(15-18)30-22(2,25)26/h8-10,15,19,21,29H,4-7,11-14,16-17H2,1-3H3/t19-,21-,24?/m1/s1. The molecule has 3 fully saturated rings. The van der Waals surface area contributed by atoms with Crippen LogP contribution in [0.25, 0.3) is 0 Å². The summed E-state index contributed by atoms with van der Waals surface area (Å²) >= 11 is 0. The second kappa shape index (κ2) is 8.03. The summed E-state index contributed by atoms with van der Waals surface area (Å²) in [6, 6.07) is 7.89. The van der Waals surface area contributed by atoms with Crippen molar-refractivity contribution in [2.24, 2.45) is 0 Å². The molecule has 0 radical (unpaired) electrons. The van der Waals surface area contributed by atoms with Crippen LogP contribution in [0, 0.1) is 0 Å². The highest BCUT2D eigenvalue weighted by Gasteiger charge is 2.68. The Bertz CT molecular complexity index is 747. The van der Waals surface area contributed by atoms with Crippen molar-refractivity contribution in [1.82, 2.24) is 9.80 Å². The Labute approximate surface area is 179 Å². The molecule has 168 valence electrons. The first-order valence-electron chi connectivity index (χ1n) is 11.5. The highest BCUT2D eigenvalue weighted by atomic mass is 19.3. The third-order valence-electron chi connectivity index (χ3n) is 7.80. The molecule has 1 aromatic carbocycles. The Balaban J connectivity index is 1.66. The normalized spacial score (nSPS) is 32.7.